The average Bonchev–Trinajstić information content (AvgIpc) is 3.44. The molecule has 0 fully saturated rings. The Morgan fingerprint density at radius 3 is 2.26 bits per heavy atom. The Morgan fingerprint density at radius 2 is 1.71 bits per heavy atom. The van der Waals surface area contributed by atoms with E-state index in [0.29, 0.717) is 9.89 Å². The van der Waals surface area contributed by atoms with Gasteiger partial charge in [-0.3, -0.25) is 4.79 Å². The van der Waals surface area contributed by atoms with Crippen molar-refractivity contribution < 1.29 is 37.4 Å². The van der Waals surface area contributed by atoms with Crippen LogP contribution in [0.3, 0.4) is 0 Å². The summed E-state index contributed by atoms with van der Waals surface area (Å²) in [4.78, 5) is 36.2. The van der Waals surface area contributed by atoms with E-state index in [1.165, 1.54) is 47.7 Å². The minimum atomic E-state index is -4.91. The number of carbonyl (C=O) groups is 3. The van der Waals surface area contributed by atoms with Gasteiger partial charge in [0.2, 0.25) is 0 Å². The van der Waals surface area contributed by atoms with Gasteiger partial charge in [0.05, 0.1) is 16.8 Å². The van der Waals surface area contributed by atoms with Crippen molar-refractivity contribution in [3.05, 3.63) is 87.6 Å². The Morgan fingerprint density at radius 1 is 1.03 bits per heavy atom. The Bertz CT molecular complexity index is 1310. The maximum Gasteiger partial charge on any atom is 0.435 e. The van der Waals surface area contributed by atoms with Crippen LogP contribution in [0, 0.1) is 0 Å². The van der Waals surface area contributed by atoms with Crippen molar-refractivity contribution in [1.82, 2.24) is 0 Å². The number of esters is 1. The highest BCUT2D eigenvalue weighted by atomic mass is 32.1. The highest BCUT2D eigenvalue weighted by molar-refractivity contribution is 7.12. The molecule has 0 atom stereocenters. The highest BCUT2D eigenvalue weighted by Gasteiger charge is 2.46. The summed E-state index contributed by atoms with van der Waals surface area (Å²) in [5.74, 6) is -2.63. The number of alkyl halides is 3. The van der Waals surface area contributed by atoms with Crippen molar-refractivity contribution in [3.8, 4) is 5.75 Å². The summed E-state index contributed by atoms with van der Waals surface area (Å²) in [7, 11) is 0. The van der Waals surface area contributed by atoms with Gasteiger partial charge in [-0.25, -0.2) is 9.59 Å². The SMILES string of the molecule is O=C(O)c1ccc(N2N=C(C(F)(F)F)/C(=C/c3ccc(OC(=O)c4cccs4)cc3)C2=O)cc1. The van der Waals surface area contributed by atoms with Crippen LogP contribution in [0.15, 0.2) is 76.7 Å². The van der Waals surface area contributed by atoms with E-state index >= 15 is 0 Å². The van der Waals surface area contributed by atoms with Gasteiger partial charge in [-0.1, -0.05) is 18.2 Å². The van der Waals surface area contributed by atoms with E-state index < -0.39 is 35.3 Å². The van der Waals surface area contributed by atoms with Crippen LogP contribution in [0.25, 0.3) is 6.08 Å². The van der Waals surface area contributed by atoms with Gasteiger partial charge in [-0.15, -0.1) is 11.3 Å². The lowest BCUT2D eigenvalue weighted by atomic mass is 10.1. The standard InChI is InChI=1S/C23H13F3N2O5S/c24-23(25,26)19-17(20(29)28(27-19)15-7-5-14(6-8-15)21(30)31)12-13-3-9-16(10-4-13)33-22(32)18-2-1-11-34-18/h1-12H,(H,30,31)/b17-12-. The number of carboxylic acids is 1. The fourth-order valence-corrected chi connectivity index (χ4v) is 3.62. The van der Waals surface area contributed by atoms with Gasteiger partial charge in [0.1, 0.15) is 10.6 Å². The predicted molar refractivity (Wildman–Crippen MR) is 118 cm³/mol. The third-order valence-electron chi connectivity index (χ3n) is 4.63. The number of rotatable bonds is 5. The molecule has 34 heavy (non-hydrogen) atoms. The molecule has 0 saturated heterocycles. The molecule has 1 aromatic heterocycles. The number of hydrazone groups is 1. The molecule has 1 amide bonds. The molecule has 0 saturated carbocycles. The van der Waals surface area contributed by atoms with Crippen molar-refractivity contribution >= 4 is 46.7 Å². The van der Waals surface area contributed by atoms with Crippen LogP contribution in [0.4, 0.5) is 18.9 Å². The van der Waals surface area contributed by atoms with Gasteiger partial charge in [0.25, 0.3) is 5.91 Å². The van der Waals surface area contributed by atoms with Crippen LogP contribution in [0.1, 0.15) is 25.6 Å². The first-order valence-corrected chi connectivity index (χ1v) is 10.4. The van der Waals surface area contributed by atoms with Gasteiger partial charge < -0.3 is 9.84 Å². The first kappa shape index (κ1) is 22.9. The van der Waals surface area contributed by atoms with E-state index in [9.17, 15) is 27.6 Å². The van der Waals surface area contributed by atoms with Crippen molar-refractivity contribution in [2.24, 2.45) is 5.10 Å². The molecule has 0 aliphatic carbocycles. The molecular weight excluding hydrogens is 473 g/mol. The smallest absolute Gasteiger partial charge is 0.435 e. The summed E-state index contributed by atoms with van der Waals surface area (Å²) in [6.07, 6.45) is -3.88. The number of hydrogen-bond donors (Lipinski definition) is 1. The number of ether oxygens (including phenoxy) is 1. The third kappa shape index (κ3) is 4.74. The maximum absolute atomic E-state index is 13.6. The lowest BCUT2D eigenvalue weighted by molar-refractivity contribution is -0.114. The lowest BCUT2D eigenvalue weighted by Crippen LogP contribution is -2.25. The van der Waals surface area contributed by atoms with Gasteiger partial charge in [-0.2, -0.15) is 23.3 Å². The number of nitrogens with zero attached hydrogens (tertiary/aromatic N) is 2. The van der Waals surface area contributed by atoms with Crippen molar-refractivity contribution in [1.29, 1.82) is 0 Å². The van der Waals surface area contributed by atoms with E-state index in [1.54, 1.807) is 17.5 Å². The molecule has 172 valence electrons. The van der Waals surface area contributed by atoms with Gasteiger partial charge in [0, 0.05) is 0 Å². The third-order valence-corrected chi connectivity index (χ3v) is 5.48. The number of carboxylic acid groups (broad SMARTS) is 1. The Balaban J connectivity index is 1.60. The van der Waals surface area contributed by atoms with Crippen LogP contribution in [-0.4, -0.2) is 34.8 Å². The summed E-state index contributed by atoms with van der Waals surface area (Å²) in [5, 5.41) is 14.7. The van der Waals surface area contributed by atoms with Crippen LogP contribution < -0.4 is 9.75 Å². The van der Waals surface area contributed by atoms with E-state index in [4.69, 9.17) is 9.84 Å². The second-order valence-corrected chi connectivity index (χ2v) is 7.86. The minimum Gasteiger partial charge on any atom is -0.478 e. The molecule has 7 nitrogen and oxygen atoms in total. The van der Waals surface area contributed by atoms with Gasteiger partial charge in [0.15, 0.2) is 5.71 Å². The Hall–Kier alpha value is -4.25. The average molecular weight is 486 g/mol. The number of hydrogen-bond acceptors (Lipinski definition) is 6. The second kappa shape index (κ2) is 8.94. The van der Waals surface area contributed by atoms with E-state index in [2.05, 4.69) is 5.10 Å². The molecule has 0 spiro atoms. The Labute approximate surface area is 194 Å². The quantitative estimate of drug-likeness (QED) is 0.311. The molecule has 0 bridgehead atoms. The number of benzene rings is 2. The van der Waals surface area contributed by atoms with E-state index in [1.807, 2.05) is 0 Å². The number of halogens is 3. The first-order chi connectivity index (χ1) is 16.1. The molecule has 1 aliphatic rings. The van der Waals surface area contributed by atoms with E-state index in [0.717, 1.165) is 18.2 Å². The van der Waals surface area contributed by atoms with Crippen molar-refractivity contribution in [2.45, 2.75) is 6.18 Å². The van der Waals surface area contributed by atoms with Gasteiger partial charge >= 0.3 is 18.1 Å². The second-order valence-electron chi connectivity index (χ2n) is 6.91. The number of anilines is 1. The van der Waals surface area contributed by atoms with Gasteiger partial charge in [-0.05, 0) is 59.5 Å². The zero-order chi connectivity index (χ0) is 24.5. The first-order valence-electron chi connectivity index (χ1n) is 9.55. The molecule has 3 aromatic rings. The highest BCUT2D eigenvalue weighted by Crippen LogP contribution is 2.33. The molecule has 4 rings (SSSR count). The lowest BCUT2D eigenvalue weighted by Gasteiger charge is -2.11. The maximum atomic E-state index is 13.6. The Kier molecular flexibility index (Phi) is 6.03. The molecular formula is C23H13F3N2O5S. The molecule has 1 N–H and O–H groups in total. The minimum absolute atomic E-state index is 0.0176. The monoisotopic (exact) mass is 486 g/mol. The summed E-state index contributed by atoms with van der Waals surface area (Å²) in [6, 6.07) is 13.6. The number of thiophene rings is 1. The summed E-state index contributed by atoms with van der Waals surface area (Å²) >= 11 is 1.20. The molecule has 2 heterocycles. The van der Waals surface area contributed by atoms with Crippen LogP contribution in [0.5, 0.6) is 5.75 Å². The van der Waals surface area contributed by atoms with Crippen LogP contribution in [-0.2, 0) is 4.79 Å². The fourth-order valence-electron chi connectivity index (χ4n) is 3.03. The predicted octanol–water partition coefficient (Wildman–Crippen LogP) is 5.01. The summed E-state index contributed by atoms with van der Waals surface area (Å²) in [5.41, 5.74) is -1.92. The normalized spacial score (nSPS) is 14.9. The van der Waals surface area contributed by atoms with Crippen molar-refractivity contribution in [3.63, 3.8) is 0 Å². The zero-order valence-corrected chi connectivity index (χ0v) is 17.8. The molecule has 1 aliphatic heterocycles. The molecule has 0 unspecified atom stereocenters. The summed E-state index contributed by atoms with van der Waals surface area (Å²) < 4.78 is 46.0. The molecule has 11 heteroatoms. The number of amides is 1. The largest absolute Gasteiger partial charge is 0.478 e. The molecule has 0 radical (unpaired) electrons. The number of aromatic carboxylic acids is 1. The van der Waals surface area contributed by atoms with Crippen LogP contribution in [0.2, 0.25) is 0 Å². The molecule has 2 aromatic carbocycles. The van der Waals surface area contributed by atoms with Crippen molar-refractivity contribution in [2.75, 3.05) is 5.01 Å². The summed E-state index contributed by atoms with van der Waals surface area (Å²) in [6.45, 7) is 0. The van der Waals surface area contributed by atoms with Crippen LogP contribution >= 0.6 is 11.3 Å². The zero-order valence-electron chi connectivity index (χ0n) is 16.9. The number of carbonyl (C=O) groups excluding carboxylic acids is 2. The topological polar surface area (TPSA) is 96.3 Å². The van der Waals surface area contributed by atoms with E-state index in [-0.39, 0.29) is 22.6 Å². The fraction of sp³-hybridized carbons (Fsp3) is 0.0435.